The maximum absolute atomic E-state index is 10.8. The quantitative estimate of drug-likeness (QED) is 0.772. The molecule has 84 valence electrons. The molecule has 15 heavy (non-hydrogen) atoms. The van der Waals surface area contributed by atoms with Crippen LogP contribution in [0.3, 0.4) is 0 Å². The van der Waals surface area contributed by atoms with Crippen LogP contribution in [-0.2, 0) is 16.4 Å². The second-order valence-electron chi connectivity index (χ2n) is 3.29. The van der Waals surface area contributed by atoms with Gasteiger partial charge < -0.3 is 9.67 Å². The fourth-order valence-corrected chi connectivity index (χ4v) is 1.76. The van der Waals surface area contributed by atoms with Crippen LogP contribution in [0.25, 0.3) is 0 Å². The molecule has 0 aliphatic carbocycles. The van der Waals surface area contributed by atoms with Gasteiger partial charge in [-0.3, -0.25) is 0 Å². The van der Waals surface area contributed by atoms with Gasteiger partial charge in [-0.2, -0.15) is 0 Å². The van der Waals surface area contributed by atoms with Gasteiger partial charge in [0.25, 0.3) is 0 Å². The summed E-state index contributed by atoms with van der Waals surface area (Å²) in [6.45, 7) is 0.452. The zero-order valence-corrected chi connectivity index (χ0v) is 9.07. The summed E-state index contributed by atoms with van der Waals surface area (Å²) in [5, 5.41) is 8.58. The number of rotatable bonds is 5. The highest BCUT2D eigenvalue weighted by Crippen LogP contribution is 1.99. The molecule has 1 rings (SSSR count). The number of carboxylic acids is 1. The lowest BCUT2D eigenvalue weighted by atomic mass is 10.4. The minimum atomic E-state index is -2.95. The molecule has 0 spiro atoms. The Morgan fingerprint density at radius 1 is 1.60 bits per heavy atom. The molecule has 1 N–H and O–H groups in total. The Labute approximate surface area is 87.5 Å². The average molecular weight is 232 g/mol. The highest BCUT2D eigenvalue weighted by Gasteiger charge is 2.07. The Morgan fingerprint density at radius 3 is 2.73 bits per heavy atom. The van der Waals surface area contributed by atoms with Crippen LogP contribution in [0.2, 0.25) is 0 Å². The summed E-state index contributed by atoms with van der Waals surface area (Å²) in [5.41, 5.74) is -0.0330. The molecule has 6 nitrogen and oxygen atoms in total. The van der Waals surface area contributed by atoms with Crippen LogP contribution in [-0.4, -0.2) is 41.1 Å². The standard InChI is InChI=1S/C8H12N2O4S/c1-15(13,14)4-2-3-10-5-7(8(11)12)9-6-10/h5-6H,2-4H2,1H3,(H,11,12). The van der Waals surface area contributed by atoms with E-state index in [4.69, 9.17) is 5.11 Å². The van der Waals surface area contributed by atoms with Gasteiger partial charge in [-0.05, 0) is 6.42 Å². The van der Waals surface area contributed by atoms with E-state index < -0.39 is 15.8 Å². The van der Waals surface area contributed by atoms with Gasteiger partial charge in [0.05, 0.1) is 12.1 Å². The van der Waals surface area contributed by atoms with E-state index in [1.54, 1.807) is 4.57 Å². The number of imidazole rings is 1. The first kappa shape index (κ1) is 11.7. The topological polar surface area (TPSA) is 89.3 Å². The van der Waals surface area contributed by atoms with E-state index in [0.29, 0.717) is 13.0 Å². The fourth-order valence-electron chi connectivity index (χ4n) is 1.10. The normalized spacial score (nSPS) is 11.5. The summed E-state index contributed by atoms with van der Waals surface area (Å²) in [6, 6.07) is 0. The minimum Gasteiger partial charge on any atom is -0.476 e. The molecule has 7 heteroatoms. The first-order valence-electron chi connectivity index (χ1n) is 4.31. The van der Waals surface area contributed by atoms with Crippen molar-refractivity contribution in [2.24, 2.45) is 0 Å². The summed E-state index contributed by atoms with van der Waals surface area (Å²) in [6.07, 6.45) is 4.38. The fraction of sp³-hybridized carbons (Fsp3) is 0.500. The van der Waals surface area contributed by atoms with E-state index in [1.807, 2.05) is 0 Å². The Kier molecular flexibility index (Phi) is 3.46. The van der Waals surface area contributed by atoms with Crippen molar-refractivity contribution >= 4 is 15.8 Å². The monoisotopic (exact) mass is 232 g/mol. The average Bonchev–Trinajstić information content (AvgIpc) is 2.50. The van der Waals surface area contributed by atoms with Crippen LogP contribution in [0.1, 0.15) is 16.9 Å². The van der Waals surface area contributed by atoms with Gasteiger partial charge in [0.1, 0.15) is 9.84 Å². The van der Waals surface area contributed by atoms with Crippen molar-refractivity contribution in [1.29, 1.82) is 0 Å². The van der Waals surface area contributed by atoms with Crippen molar-refractivity contribution in [3.63, 3.8) is 0 Å². The minimum absolute atomic E-state index is 0.0330. The summed E-state index contributed by atoms with van der Waals surface area (Å²) < 4.78 is 23.2. The van der Waals surface area contributed by atoms with Gasteiger partial charge in [0.2, 0.25) is 0 Å². The van der Waals surface area contributed by atoms with E-state index in [9.17, 15) is 13.2 Å². The maximum atomic E-state index is 10.8. The first-order valence-corrected chi connectivity index (χ1v) is 6.37. The van der Waals surface area contributed by atoms with Crippen LogP contribution in [0, 0.1) is 0 Å². The van der Waals surface area contributed by atoms with E-state index in [0.717, 1.165) is 0 Å². The van der Waals surface area contributed by atoms with Crippen LogP contribution in [0.15, 0.2) is 12.5 Å². The Bertz CT molecular complexity index is 449. The van der Waals surface area contributed by atoms with Gasteiger partial charge in [-0.1, -0.05) is 0 Å². The number of sulfone groups is 1. The molecule has 1 aromatic heterocycles. The second-order valence-corrected chi connectivity index (χ2v) is 5.55. The Balaban J connectivity index is 2.48. The maximum Gasteiger partial charge on any atom is 0.356 e. The zero-order valence-electron chi connectivity index (χ0n) is 8.25. The Hall–Kier alpha value is -1.37. The molecule has 0 saturated heterocycles. The largest absolute Gasteiger partial charge is 0.476 e. The summed E-state index contributed by atoms with van der Waals surface area (Å²) in [4.78, 5) is 14.1. The number of aromatic nitrogens is 2. The third-order valence-electron chi connectivity index (χ3n) is 1.78. The highest BCUT2D eigenvalue weighted by molar-refractivity contribution is 7.90. The lowest BCUT2D eigenvalue weighted by molar-refractivity contribution is 0.0691. The smallest absolute Gasteiger partial charge is 0.356 e. The van der Waals surface area contributed by atoms with Gasteiger partial charge in [-0.15, -0.1) is 0 Å². The lowest BCUT2D eigenvalue weighted by Crippen LogP contribution is -2.06. The Morgan fingerprint density at radius 2 is 2.27 bits per heavy atom. The van der Waals surface area contributed by atoms with Crippen molar-refractivity contribution in [2.75, 3.05) is 12.0 Å². The van der Waals surface area contributed by atoms with Crippen LogP contribution >= 0.6 is 0 Å². The predicted molar refractivity (Wildman–Crippen MR) is 53.5 cm³/mol. The van der Waals surface area contributed by atoms with Gasteiger partial charge >= 0.3 is 5.97 Å². The molecule has 1 heterocycles. The summed E-state index contributed by atoms with van der Waals surface area (Å²) in [5.74, 6) is -0.995. The van der Waals surface area contributed by atoms with Crippen molar-refractivity contribution in [3.05, 3.63) is 18.2 Å². The van der Waals surface area contributed by atoms with Crippen LogP contribution in [0.5, 0.6) is 0 Å². The van der Waals surface area contributed by atoms with Gasteiger partial charge in [0.15, 0.2) is 5.69 Å². The van der Waals surface area contributed by atoms with Gasteiger partial charge in [-0.25, -0.2) is 18.2 Å². The highest BCUT2D eigenvalue weighted by atomic mass is 32.2. The first-order chi connectivity index (χ1) is 6.88. The van der Waals surface area contributed by atoms with Crippen molar-refractivity contribution in [1.82, 2.24) is 9.55 Å². The molecular formula is C8H12N2O4S. The number of hydrogen-bond acceptors (Lipinski definition) is 4. The number of carbonyl (C=O) groups is 1. The molecule has 0 bridgehead atoms. The van der Waals surface area contributed by atoms with E-state index in [2.05, 4.69) is 4.98 Å². The number of aryl methyl sites for hydroxylation is 1. The van der Waals surface area contributed by atoms with E-state index >= 15 is 0 Å². The zero-order chi connectivity index (χ0) is 11.5. The van der Waals surface area contributed by atoms with Crippen molar-refractivity contribution in [2.45, 2.75) is 13.0 Å². The lowest BCUT2D eigenvalue weighted by Gasteiger charge is -1.99. The molecule has 0 unspecified atom stereocenters. The number of hydrogen-bond donors (Lipinski definition) is 1. The van der Waals surface area contributed by atoms with Crippen molar-refractivity contribution in [3.8, 4) is 0 Å². The molecule has 0 fully saturated rings. The predicted octanol–water partition coefficient (Wildman–Crippen LogP) is 0.0160. The molecule has 0 aliphatic rings. The molecule has 0 amide bonds. The molecule has 0 aliphatic heterocycles. The molecular weight excluding hydrogens is 220 g/mol. The summed E-state index contributed by atoms with van der Waals surface area (Å²) >= 11 is 0. The number of nitrogens with zero attached hydrogens (tertiary/aromatic N) is 2. The molecule has 0 atom stereocenters. The van der Waals surface area contributed by atoms with E-state index in [1.165, 1.54) is 18.8 Å². The van der Waals surface area contributed by atoms with Crippen molar-refractivity contribution < 1.29 is 18.3 Å². The number of aromatic carboxylic acids is 1. The van der Waals surface area contributed by atoms with E-state index in [-0.39, 0.29) is 11.4 Å². The summed E-state index contributed by atoms with van der Waals surface area (Å²) in [7, 11) is -2.95. The molecule has 0 saturated carbocycles. The number of carboxylic acid groups (broad SMARTS) is 1. The van der Waals surface area contributed by atoms with Gasteiger partial charge in [0, 0.05) is 19.0 Å². The molecule has 0 aromatic carbocycles. The SMILES string of the molecule is CS(=O)(=O)CCCn1cnc(C(=O)O)c1. The molecule has 1 aromatic rings. The molecule has 0 radical (unpaired) electrons. The second kappa shape index (κ2) is 4.43. The van der Waals surface area contributed by atoms with Crippen LogP contribution < -0.4 is 0 Å². The third kappa shape index (κ3) is 4.11. The third-order valence-corrected chi connectivity index (χ3v) is 2.81. The van der Waals surface area contributed by atoms with Crippen LogP contribution in [0.4, 0.5) is 0 Å².